The third-order valence-corrected chi connectivity index (χ3v) is 3.31. The molecule has 0 spiro atoms. The Bertz CT molecular complexity index is 611. The van der Waals surface area contributed by atoms with Gasteiger partial charge in [-0.05, 0) is 18.2 Å². The van der Waals surface area contributed by atoms with E-state index in [4.69, 9.17) is 5.11 Å². The lowest BCUT2D eigenvalue weighted by atomic mass is 10.1. The van der Waals surface area contributed by atoms with Crippen molar-refractivity contribution in [1.29, 1.82) is 0 Å². The number of nitrogens with one attached hydrogen (secondary N) is 1. The zero-order valence-corrected chi connectivity index (χ0v) is 11.2. The van der Waals surface area contributed by atoms with Gasteiger partial charge in [0.15, 0.2) is 0 Å². The van der Waals surface area contributed by atoms with Crippen molar-refractivity contribution in [3.8, 4) is 0 Å². The lowest BCUT2D eigenvalue weighted by molar-refractivity contribution is -0.137. The van der Waals surface area contributed by atoms with Gasteiger partial charge in [-0.1, -0.05) is 0 Å². The normalized spacial score (nSPS) is 12.2. The smallest absolute Gasteiger partial charge is 0.416 e. The zero-order chi connectivity index (χ0) is 15.6. The number of halogens is 3. The Hall–Kier alpha value is -1.77. The third-order valence-electron chi connectivity index (χ3n) is 2.37. The molecule has 0 amide bonds. The Labute approximate surface area is 113 Å². The van der Waals surface area contributed by atoms with E-state index >= 15 is 0 Å². The molecule has 1 aromatic carbocycles. The van der Waals surface area contributed by atoms with Gasteiger partial charge in [-0.15, -0.1) is 0 Å². The molecular formula is C11H12F3NO4S. The highest BCUT2D eigenvalue weighted by molar-refractivity contribution is 7.90. The van der Waals surface area contributed by atoms with Crippen LogP contribution in [0, 0.1) is 0 Å². The fourth-order valence-corrected chi connectivity index (χ4v) is 1.90. The number of anilines is 1. The van der Waals surface area contributed by atoms with Crippen LogP contribution >= 0.6 is 0 Å². The summed E-state index contributed by atoms with van der Waals surface area (Å²) in [6.07, 6.45) is -3.64. The predicted octanol–water partition coefficient (Wildman–Crippen LogP) is 1.86. The number of aromatic carboxylic acids is 1. The van der Waals surface area contributed by atoms with Gasteiger partial charge in [0.25, 0.3) is 0 Å². The third kappa shape index (κ3) is 4.72. The first-order chi connectivity index (χ1) is 9.00. The quantitative estimate of drug-likeness (QED) is 0.867. The van der Waals surface area contributed by atoms with Crippen molar-refractivity contribution in [2.24, 2.45) is 0 Å². The molecule has 5 nitrogen and oxygen atoms in total. The van der Waals surface area contributed by atoms with Gasteiger partial charge in [0.1, 0.15) is 9.84 Å². The molecule has 0 aliphatic rings. The summed E-state index contributed by atoms with van der Waals surface area (Å²) in [4.78, 5) is 10.9. The molecule has 1 aromatic rings. The summed E-state index contributed by atoms with van der Waals surface area (Å²) in [6, 6.07) is 2.20. The van der Waals surface area contributed by atoms with E-state index in [0.717, 1.165) is 18.4 Å². The van der Waals surface area contributed by atoms with E-state index < -0.39 is 33.1 Å². The number of carboxylic acids is 1. The van der Waals surface area contributed by atoms with Crippen molar-refractivity contribution in [2.45, 2.75) is 6.18 Å². The van der Waals surface area contributed by atoms with Crippen LogP contribution in [0.15, 0.2) is 18.2 Å². The average Bonchev–Trinajstić information content (AvgIpc) is 2.25. The van der Waals surface area contributed by atoms with E-state index in [0.29, 0.717) is 6.07 Å². The molecule has 9 heteroatoms. The number of rotatable bonds is 5. The summed E-state index contributed by atoms with van der Waals surface area (Å²) < 4.78 is 59.3. The fraction of sp³-hybridized carbons (Fsp3) is 0.364. The van der Waals surface area contributed by atoms with Crippen LogP contribution in [-0.2, 0) is 16.0 Å². The first-order valence-electron chi connectivity index (χ1n) is 5.37. The SMILES string of the molecule is CS(=O)(=O)CCNc1ccc(C(F)(F)F)cc1C(=O)O. The van der Waals surface area contributed by atoms with Crippen molar-refractivity contribution in [3.05, 3.63) is 29.3 Å². The number of sulfone groups is 1. The summed E-state index contributed by atoms with van der Waals surface area (Å²) in [5, 5.41) is 11.4. The fourth-order valence-electron chi connectivity index (χ4n) is 1.42. The van der Waals surface area contributed by atoms with Crippen molar-refractivity contribution < 1.29 is 31.5 Å². The summed E-state index contributed by atoms with van der Waals surface area (Å²) in [5.41, 5.74) is -1.70. The molecular weight excluding hydrogens is 299 g/mol. The van der Waals surface area contributed by atoms with Crippen molar-refractivity contribution >= 4 is 21.5 Å². The van der Waals surface area contributed by atoms with Gasteiger partial charge >= 0.3 is 12.1 Å². The van der Waals surface area contributed by atoms with Crippen molar-refractivity contribution in [3.63, 3.8) is 0 Å². The Morgan fingerprint density at radius 1 is 1.35 bits per heavy atom. The first-order valence-corrected chi connectivity index (χ1v) is 7.43. The van der Waals surface area contributed by atoms with E-state index in [9.17, 15) is 26.4 Å². The van der Waals surface area contributed by atoms with Crippen LogP contribution in [0.4, 0.5) is 18.9 Å². The van der Waals surface area contributed by atoms with Gasteiger partial charge in [-0.2, -0.15) is 13.2 Å². The highest BCUT2D eigenvalue weighted by Gasteiger charge is 2.31. The molecule has 0 atom stereocenters. The molecule has 0 unspecified atom stereocenters. The second kappa shape index (κ2) is 5.70. The number of hydrogen-bond acceptors (Lipinski definition) is 4. The molecule has 0 saturated carbocycles. The highest BCUT2D eigenvalue weighted by Crippen LogP contribution is 2.31. The van der Waals surface area contributed by atoms with E-state index in [1.807, 2.05) is 0 Å². The largest absolute Gasteiger partial charge is 0.478 e. The van der Waals surface area contributed by atoms with Gasteiger partial charge in [0.05, 0.1) is 16.9 Å². The van der Waals surface area contributed by atoms with Crippen LogP contribution in [0.25, 0.3) is 0 Å². The number of carbonyl (C=O) groups is 1. The van der Waals surface area contributed by atoms with Gasteiger partial charge < -0.3 is 10.4 Å². The number of benzene rings is 1. The first kappa shape index (κ1) is 16.3. The van der Waals surface area contributed by atoms with E-state index in [1.165, 1.54) is 0 Å². The minimum Gasteiger partial charge on any atom is -0.478 e. The summed E-state index contributed by atoms with van der Waals surface area (Å²) in [5.74, 6) is -1.79. The molecule has 0 aliphatic carbocycles. The topological polar surface area (TPSA) is 83.5 Å². The highest BCUT2D eigenvalue weighted by atomic mass is 32.2. The minimum atomic E-state index is -4.64. The monoisotopic (exact) mass is 311 g/mol. The summed E-state index contributed by atoms with van der Waals surface area (Å²) in [6.45, 7) is -0.0928. The lowest BCUT2D eigenvalue weighted by Gasteiger charge is -2.12. The molecule has 0 aliphatic heterocycles. The van der Waals surface area contributed by atoms with Crippen LogP contribution in [0.3, 0.4) is 0 Å². The number of carboxylic acid groups (broad SMARTS) is 1. The van der Waals surface area contributed by atoms with Gasteiger partial charge in [-0.25, -0.2) is 13.2 Å². The Morgan fingerprint density at radius 3 is 2.40 bits per heavy atom. The Kier molecular flexibility index (Phi) is 4.64. The second-order valence-electron chi connectivity index (χ2n) is 4.12. The maximum absolute atomic E-state index is 12.5. The number of hydrogen-bond donors (Lipinski definition) is 2. The van der Waals surface area contributed by atoms with Crippen LogP contribution in [-0.4, -0.2) is 38.0 Å². The molecule has 20 heavy (non-hydrogen) atoms. The van der Waals surface area contributed by atoms with E-state index in [1.54, 1.807) is 0 Å². The van der Waals surface area contributed by atoms with Crippen LogP contribution < -0.4 is 5.32 Å². The van der Waals surface area contributed by atoms with Crippen molar-refractivity contribution in [1.82, 2.24) is 0 Å². The zero-order valence-electron chi connectivity index (χ0n) is 10.4. The molecule has 0 bridgehead atoms. The molecule has 2 N–H and O–H groups in total. The van der Waals surface area contributed by atoms with Gasteiger partial charge in [-0.3, -0.25) is 0 Å². The molecule has 0 aromatic heterocycles. The Balaban J connectivity index is 3.00. The summed E-state index contributed by atoms with van der Waals surface area (Å²) >= 11 is 0. The molecule has 112 valence electrons. The van der Waals surface area contributed by atoms with Crippen LogP contribution in [0.1, 0.15) is 15.9 Å². The van der Waals surface area contributed by atoms with Crippen LogP contribution in [0.2, 0.25) is 0 Å². The van der Waals surface area contributed by atoms with Gasteiger partial charge in [0, 0.05) is 18.5 Å². The molecule has 0 radical (unpaired) electrons. The van der Waals surface area contributed by atoms with Gasteiger partial charge in [0.2, 0.25) is 0 Å². The molecule has 0 fully saturated rings. The van der Waals surface area contributed by atoms with E-state index in [-0.39, 0.29) is 18.0 Å². The van der Waals surface area contributed by atoms with Crippen LogP contribution in [0.5, 0.6) is 0 Å². The Morgan fingerprint density at radius 2 is 1.95 bits per heavy atom. The minimum absolute atomic E-state index is 0.0610. The van der Waals surface area contributed by atoms with E-state index in [2.05, 4.69) is 5.32 Å². The lowest BCUT2D eigenvalue weighted by Crippen LogP contribution is -2.16. The average molecular weight is 311 g/mol. The molecule has 0 heterocycles. The maximum Gasteiger partial charge on any atom is 0.416 e. The standard InChI is InChI=1S/C11H12F3NO4S/c1-20(18,19)5-4-15-9-3-2-7(11(12,13)14)6-8(9)10(16)17/h2-3,6,15H,4-5H2,1H3,(H,16,17). The predicted molar refractivity (Wildman–Crippen MR) is 66.6 cm³/mol. The summed E-state index contributed by atoms with van der Waals surface area (Å²) in [7, 11) is -3.25. The van der Waals surface area contributed by atoms with Crippen molar-refractivity contribution in [2.75, 3.05) is 23.9 Å². The maximum atomic E-state index is 12.5. The molecule has 0 saturated heterocycles. The number of alkyl halides is 3. The second-order valence-corrected chi connectivity index (χ2v) is 6.38. The molecule has 1 rings (SSSR count).